The van der Waals surface area contributed by atoms with Gasteiger partial charge in [0.05, 0.1) is 17.1 Å². The van der Waals surface area contributed by atoms with Crippen LogP contribution in [0.1, 0.15) is 5.56 Å². The Morgan fingerprint density at radius 1 is 1.00 bits per heavy atom. The molecule has 0 amide bonds. The van der Waals surface area contributed by atoms with E-state index in [4.69, 9.17) is 0 Å². The Balaban J connectivity index is 0.00000245. The first-order chi connectivity index (χ1) is 14.9. The monoisotopic (exact) mass is 455 g/mol. The summed E-state index contributed by atoms with van der Waals surface area (Å²) in [5.74, 6) is -0.565. The number of hydrazine groups is 2. The number of aromatic nitrogens is 1. The summed E-state index contributed by atoms with van der Waals surface area (Å²) in [6.45, 7) is 0. The number of rotatable bonds is 4. The van der Waals surface area contributed by atoms with Crippen LogP contribution in [-0.2, 0) is 10.0 Å². The van der Waals surface area contributed by atoms with Gasteiger partial charge in [0.1, 0.15) is 16.4 Å². The summed E-state index contributed by atoms with van der Waals surface area (Å²) in [5, 5.41) is 13.8. The number of halogens is 1. The zero-order chi connectivity index (χ0) is 21.6. The smallest absolute Gasteiger partial charge is 0.263 e. The number of nitrogens with one attached hydrogen (secondary N) is 2. The molecule has 11 heteroatoms. The molecule has 0 atom stereocenters. The summed E-state index contributed by atoms with van der Waals surface area (Å²) in [6.07, 6.45) is 4.28. The highest BCUT2D eigenvalue weighted by molar-refractivity contribution is 7.89. The van der Waals surface area contributed by atoms with Gasteiger partial charge in [-0.2, -0.15) is 0 Å². The predicted molar refractivity (Wildman–Crippen MR) is 117 cm³/mol. The Morgan fingerprint density at radius 2 is 1.75 bits per heavy atom. The maximum atomic E-state index is 13.3. The quantitative estimate of drug-likeness (QED) is 0.550. The molecule has 32 heavy (non-hydrogen) atoms. The van der Waals surface area contributed by atoms with Gasteiger partial charge in [-0.3, -0.25) is 14.7 Å². The summed E-state index contributed by atoms with van der Waals surface area (Å²) in [5.41, 5.74) is 5.40. The van der Waals surface area contributed by atoms with Crippen LogP contribution in [-0.4, -0.2) is 24.0 Å². The molecule has 0 saturated heterocycles. The van der Waals surface area contributed by atoms with E-state index in [9.17, 15) is 17.9 Å². The van der Waals surface area contributed by atoms with E-state index in [1.807, 2.05) is 0 Å². The molecule has 164 valence electrons. The van der Waals surface area contributed by atoms with Gasteiger partial charge >= 0.3 is 0 Å². The molecule has 2 aliphatic rings. The van der Waals surface area contributed by atoms with Gasteiger partial charge in [0.25, 0.3) is 10.0 Å². The Bertz CT molecular complexity index is 1330. The fraction of sp³-hybridized carbons (Fsp3) is 0. The summed E-state index contributed by atoms with van der Waals surface area (Å²) in [7, 11) is -3.90. The molecule has 0 saturated carbocycles. The Morgan fingerprint density at radius 3 is 2.47 bits per heavy atom. The second-order valence-corrected chi connectivity index (χ2v) is 8.51. The van der Waals surface area contributed by atoms with Gasteiger partial charge in [-0.1, -0.05) is 18.2 Å². The van der Waals surface area contributed by atoms with Gasteiger partial charge < -0.3 is 10.6 Å². The highest BCUT2D eigenvalue weighted by Crippen LogP contribution is 2.39. The van der Waals surface area contributed by atoms with Crippen LogP contribution in [0.15, 0.2) is 95.6 Å². The van der Waals surface area contributed by atoms with Crippen molar-refractivity contribution in [1.82, 2.24) is 15.2 Å². The molecule has 5 rings (SSSR count). The van der Waals surface area contributed by atoms with Crippen molar-refractivity contribution < 1.29 is 23.4 Å². The number of benzene rings is 2. The average Bonchev–Trinajstić information content (AvgIpc) is 3.11. The second kappa shape index (κ2) is 7.96. The third-order valence-electron chi connectivity index (χ3n) is 4.87. The lowest BCUT2D eigenvalue weighted by Gasteiger charge is -2.29. The van der Waals surface area contributed by atoms with Crippen molar-refractivity contribution in [3.05, 3.63) is 102 Å². The number of nitrogens with zero attached hydrogens (tertiary/aromatic N) is 3. The number of fused-ring (bicyclic) bond motifs is 3. The van der Waals surface area contributed by atoms with Crippen LogP contribution in [0.5, 0.6) is 0 Å². The number of sulfonamides is 1. The summed E-state index contributed by atoms with van der Waals surface area (Å²) in [4.78, 5) is 3.88. The molecule has 1 aromatic heterocycles. The van der Waals surface area contributed by atoms with Crippen LogP contribution in [0.3, 0.4) is 0 Å². The second-order valence-electron chi connectivity index (χ2n) is 6.83. The number of aliphatic hydroxyl groups excluding tert-OH is 1. The van der Waals surface area contributed by atoms with Crippen LogP contribution >= 0.6 is 0 Å². The van der Waals surface area contributed by atoms with E-state index in [2.05, 4.69) is 15.2 Å². The van der Waals surface area contributed by atoms with E-state index < -0.39 is 15.8 Å². The Kier molecular flexibility index (Phi) is 5.30. The molecule has 0 aliphatic carbocycles. The highest BCUT2D eigenvalue weighted by Gasteiger charge is 2.35. The Labute approximate surface area is 183 Å². The average molecular weight is 455 g/mol. The van der Waals surface area contributed by atoms with Crippen molar-refractivity contribution in [2.75, 3.05) is 10.0 Å². The fourth-order valence-corrected chi connectivity index (χ4v) is 4.44. The number of pyridine rings is 1. The zero-order valence-electron chi connectivity index (χ0n) is 16.4. The molecule has 2 aromatic carbocycles. The van der Waals surface area contributed by atoms with E-state index >= 15 is 0 Å². The van der Waals surface area contributed by atoms with E-state index in [1.54, 1.807) is 29.3 Å². The van der Waals surface area contributed by atoms with Crippen LogP contribution in [0.4, 0.5) is 15.8 Å². The zero-order valence-corrected chi connectivity index (χ0v) is 17.2. The van der Waals surface area contributed by atoms with Crippen LogP contribution in [0.25, 0.3) is 5.70 Å². The first-order valence-corrected chi connectivity index (χ1v) is 10.7. The highest BCUT2D eigenvalue weighted by atomic mass is 32.2. The molecular formula is C21H18FN5O4S. The summed E-state index contributed by atoms with van der Waals surface area (Å²) >= 11 is 0. The van der Waals surface area contributed by atoms with Crippen LogP contribution in [0.2, 0.25) is 0 Å². The van der Waals surface area contributed by atoms with Crippen molar-refractivity contribution in [1.29, 1.82) is 0 Å². The minimum absolute atomic E-state index is 0. The molecule has 0 bridgehead atoms. The van der Waals surface area contributed by atoms with Gasteiger partial charge in [-0.15, -0.1) is 5.53 Å². The number of para-hydroxylation sites is 1. The van der Waals surface area contributed by atoms with E-state index in [0.29, 0.717) is 28.3 Å². The molecule has 2 aliphatic heterocycles. The first-order valence-electron chi connectivity index (χ1n) is 9.23. The van der Waals surface area contributed by atoms with Crippen LogP contribution in [0, 0.1) is 5.82 Å². The lowest BCUT2D eigenvalue weighted by Crippen LogP contribution is -2.43. The molecule has 0 unspecified atom stereocenters. The van der Waals surface area contributed by atoms with Gasteiger partial charge in [-0.05, 0) is 48.5 Å². The molecule has 0 spiro atoms. The maximum absolute atomic E-state index is 13.3. The predicted octanol–water partition coefficient (Wildman–Crippen LogP) is 2.20. The first kappa shape index (κ1) is 21.3. The van der Waals surface area contributed by atoms with Crippen LogP contribution < -0.4 is 20.3 Å². The van der Waals surface area contributed by atoms with E-state index in [1.165, 1.54) is 59.9 Å². The molecule has 9 nitrogen and oxygen atoms in total. The maximum Gasteiger partial charge on any atom is 0.263 e. The van der Waals surface area contributed by atoms with Gasteiger partial charge in [0, 0.05) is 18.0 Å². The summed E-state index contributed by atoms with van der Waals surface area (Å²) < 4.78 is 41.6. The van der Waals surface area contributed by atoms with E-state index in [-0.39, 0.29) is 16.3 Å². The van der Waals surface area contributed by atoms with Gasteiger partial charge in [-0.25, -0.2) is 17.8 Å². The van der Waals surface area contributed by atoms with Gasteiger partial charge in [0.15, 0.2) is 0 Å². The topological polar surface area (TPSA) is 129 Å². The number of allylic oxidation sites excluding steroid dienone is 1. The fourth-order valence-electron chi connectivity index (χ4n) is 3.40. The molecule has 5 N–H and O–H groups in total. The Hall–Kier alpha value is -3.93. The number of hydrogen-bond acceptors (Lipinski definition) is 7. The van der Waals surface area contributed by atoms with Crippen molar-refractivity contribution in [3.8, 4) is 0 Å². The van der Waals surface area contributed by atoms with Crippen molar-refractivity contribution in [3.63, 3.8) is 0 Å². The number of hydrogen-bond donors (Lipinski definition) is 3. The molecular weight excluding hydrogens is 437 g/mol. The summed E-state index contributed by atoms with van der Waals surface area (Å²) in [6, 6.07) is 15.7. The molecule has 0 radical (unpaired) electrons. The lowest BCUT2D eigenvalue weighted by molar-refractivity contribution is 0.388. The molecule has 3 aromatic rings. The largest absolute Gasteiger partial charge is 0.492 e. The third-order valence-corrected chi connectivity index (χ3v) is 6.22. The molecule has 0 fully saturated rings. The minimum Gasteiger partial charge on any atom is -0.492 e. The number of aliphatic hydroxyl groups is 1. The minimum atomic E-state index is -3.90. The van der Waals surface area contributed by atoms with Crippen molar-refractivity contribution in [2.45, 2.75) is 4.90 Å². The lowest BCUT2D eigenvalue weighted by atomic mass is 10.0. The normalized spacial score (nSPS) is 15.0. The SMILES string of the molecule is O.O=S(=O)(NC1=CC2=C(O)N(c3ccc(F)cc3)NN2c2ccccc21)c1cccnc1. The van der Waals surface area contributed by atoms with E-state index in [0.717, 1.165) is 0 Å². The number of anilines is 2. The van der Waals surface area contributed by atoms with Crippen molar-refractivity contribution >= 4 is 27.1 Å². The molecule has 3 heterocycles. The third kappa shape index (κ3) is 3.54. The van der Waals surface area contributed by atoms with Gasteiger partial charge in [0.2, 0.25) is 5.88 Å². The standard InChI is InChI=1S/C21H16FN5O3S.H2O/c22-14-7-9-15(10-8-14)26-21(28)20-12-18(17-5-1-2-6-19(17)27(20)25-26)24-31(29,30)16-4-3-11-23-13-16;/h1-13,24-25,28H;1H2. The van der Waals surface area contributed by atoms with Crippen molar-refractivity contribution in [2.24, 2.45) is 0 Å².